The van der Waals surface area contributed by atoms with E-state index >= 15 is 0 Å². The first kappa shape index (κ1) is 22.7. The molecule has 3 aromatic rings. The molecule has 0 unspecified atom stereocenters. The number of carbonyl (C=O) groups is 2. The number of benzene rings is 3. The predicted molar refractivity (Wildman–Crippen MR) is 126 cm³/mol. The van der Waals surface area contributed by atoms with E-state index in [1.165, 1.54) is 28.6 Å². The van der Waals surface area contributed by atoms with Gasteiger partial charge >= 0.3 is 0 Å². The van der Waals surface area contributed by atoms with Crippen LogP contribution < -0.4 is 10.6 Å². The average Bonchev–Trinajstić information content (AvgIpc) is 3.40. The zero-order chi connectivity index (χ0) is 23.3. The lowest BCUT2D eigenvalue weighted by Gasteiger charge is -2.15. The first-order chi connectivity index (χ1) is 15.9. The lowest BCUT2D eigenvalue weighted by molar-refractivity contribution is 0.0951. The van der Waals surface area contributed by atoms with Gasteiger partial charge in [-0.15, -0.1) is 0 Å². The maximum atomic E-state index is 12.8. The molecule has 1 heterocycles. The van der Waals surface area contributed by atoms with E-state index < -0.39 is 15.9 Å². The zero-order valence-corrected chi connectivity index (χ0v) is 18.8. The maximum absolute atomic E-state index is 12.8. The third-order valence-corrected chi connectivity index (χ3v) is 7.45. The van der Waals surface area contributed by atoms with Crippen molar-refractivity contribution in [3.8, 4) is 0 Å². The van der Waals surface area contributed by atoms with Crippen LogP contribution in [0.2, 0.25) is 0 Å². The molecule has 1 fully saturated rings. The van der Waals surface area contributed by atoms with E-state index in [9.17, 15) is 18.0 Å². The molecule has 1 aliphatic rings. The summed E-state index contributed by atoms with van der Waals surface area (Å²) < 4.78 is 26.8. The van der Waals surface area contributed by atoms with E-state index in [-0.39, 0.29) is 10.8 Å². The van der Waals surface area contributed by atoms with E-state index in [4.69, 9.17) is 0 Å². The Balaban J connectivity index is 1.45. The second-order valence-electron chi connectivity index (χ2n) is 7.80. The van der Waals surface area contributed by atoms with Gasteiger partial charge in [-0.1, -0.05) is 42.5 Å². The van der Waals surface area contributed by atoms with Crippen molar-refractivity contribution in [3.05, 3.63) is 95.6 Å². The molecule has 3 aromatic carbocycles. The summed E-state index contributed by atoms with van der Waals surface area (Å²) in [5.41, 5.74) is 1.99. The van der Waals surface area contributed by atoms with Crippen LogP contribution in [-0.4, -0.2) is 37.6 Å². The molecule has 33 heavy (non-hydrogen) atoms. The molecule has 0 bridgehead atoms. The highest BCUT2D eigenvalue weighted by atomic mass is 32.2. The van der Waals surface area contributed by atoms with Crippen molar-refractivity contribution in [2.75, 3.05) is 18.4 Å². The Bertz CT molecular complexity index is 1240. The van der Waals surface area contributed by atoms with Crippen LogP contribution in [-0.2, 0) is 16.6 Å². The van der Waals surface area contributed by atoms with E-state index in [1.54, 1.807) is 24.3 Å². The second kappa shape index (κ2) is 9.97. The van der Waals surface area contributed by atoms with Crippen LogP contribution in [0.5, 0.6) is 0 Å². The van der Waals surface area contributed by atoms with Crippen molar-refractivity contribution in [3.63, 3.8) is 0 Å². The summed E-state index contributed by atoms with van der Waals surface area (Å²) in [6.07, 6.45) is 1.72. The fourth-order valence-electron chi connectivity index (χ4n) is 3.71. The number of carbonyl (C=O) groups excluding carboxylic acids is 2. The molecule has 1 aliphatic heterocycles. The van der Waals surface area contributed by atoms with Crippen molar-refractivity contribution in [1.82, 2.24) is 9.62 Å². The molecule has 2 N–H and O–H groups in total. The van der Waals surface area contributed by atoms with Gasteiger partial charge in [0.1, 0.15) is 0 Å². The van der Waals surface area contributed by atoms with Gasteiger partial charge < -0.3 is 10.6 Å². The van der Waals surface area contributed by atoms with Gasteiger partial charge in [-0.3, -0.25) is 9.59 Å². The SMILES string of the molecule is O=C(Nc1ccccc1C(=O)NCc1ccccc1)c1ccc(S(=O)(=O)N2CCCC2)cc1. The van der Waals surface area contributed by atoms with Crippen molar-refractivity contribution in [2.24, 2.45) is 0 Å². The fourth-order valence-corrected chi connectivity index (χ4v) is 5.23. The van der Waals surface area contributed by atoms with Gasteiger partial charge in [0.05, 0.1) is 16.1 Å². The minimum atomic E-state index is -3.54. The van der Waals surface area contributed by atoms with Crippen LogP contribution in [0.25, 0.3) is 0 Å². The molecule has 8 heteroatoms. The summed E-state index contributed by atoms with van der Waals surface area (Å²) in [4.78, 5) is 25.7. The summed E-state index contributed by atoms with van der Waals surface area (Å²) >= 11 is 0. The van der Waals surface area contributed by atoms with E-state index in [1.807, 2.05) is 30.3 Å². The van der Waals surface area contributed by atoms with Crippen molar-refractivity contribution in [1.29, 1.82) is 0 Å². The monoisotopic (exact) mass is 463 g/mol. The Morgan fingerprint density at radius 1 is 0.788 bits per heavy atom. The summed E-state index contributed by atoms with van der Waals surface area (Å²) in [6.45, 7) is 1.41. The fraction of sp³-hybridized carbons (Fsp3) is 0.200. The quantitative estimate of drug-likeness (QED) is 0.559. The van der Waals surface area contributed by atoms with Crippen LogP contribution in [0, 0.1) is 0 Å². The number of para-hydroxylation sites is 1. The molecule has 4 rings (SSSR count). The molecule has 170 valence electrons. The van der Waals surface area contributed by atoms with Gasteiger partial charge in [-0.05, 0) is 54.8 Å². The van der Waals surface area contributed by atoms with Crippen LogP contribution in [0.3, 0.4) is 0 Å². The molecule has 0 saturated carbocycles. The molecular formula is C25H25N3O4S. The predicted octanol–water partition coefficient (Wildman–Crippen LogP) is 3.65. The Morgan fingerprint density at radius 3 is 2.12 bits per heavy atom. The van der Waals surface area contributed by atoms with Gasteiger partial charge in [-0.25, -0.2) is 8.42 Å². The van der Waals surface area contributed by atoms with Crippen LogP contribution in [0.4, 0.5) is 5.69 Å². The van der Waals surface area contributed by atoms with E-state index in [0.717, 1.165) is 18.4 Å². The van der Waals surface area contributed by atoms with Gasteiger partial charge in [-0.2, -0.15) is 4.31 Å². The van der Waals surface area contributed by atoms with Gasteiger partial charge in [0.2, 0.25) is 10.0 Å². The highest BCUT2D eigenvalue weighted by Crippen LogP contribution is 2.22. The van der Waals surface area contributed by atoms with Crippen LogP contribution in [0.15, 0.2) is 83.8 Å². The smallest absolute Gasteiger partial charge is 0.255 e. The van der Waals surface area contributed by atoms with E-state index in [0.29, 0.717) is 36.4 Å². The second-order valence-corrected chi connectivity index (χ2v) is 9.74. The molecule has 2 amide bonds. The Hall–Kier alpha value is -3.49. The lowest BCUT2D eigenvalue weighted by Crippen LogP contribution is -2.28. The molecule has 0 aliphatic carbocycles. The van der Waals surface area contributed by atoms with E-state index in [2.05, 4.69) is 10.6 Å². The molecule has 0 atom stereocenters. The van der Waals surface area contributed by atoms with Gasteiger partial charge in [0.15, 0.2) is 0 Å². The highest BCUT2D eigenvalue weighted by Gasteiger charge is 2.27. The molecule has 0 spiro atoms. The van der Waals surface area contributed by atoms with Gasteiger partial charge in [0, 0.05) is 25.2 Å². The summed E-state index contributed by atoms with van der Waals surface area (Å²) in [5, 5.41) is 5.62. The van der Waals surface area contributed by atoms with Crippen molar-refractivity contribution >= 4 is 27.5 Å². The number of amides is 2. The number of nitrogens with zero attached hydrogens (tertiary/aromatic N) is 1. The highest BCUT2D eigenvalue weighted by molar-refractivity contribution is 7.89. The summed E-state index contributed by atoms with van der Waals surface area (Å²) in [6, 6.07) is 22.2. The Labute approximate surface area is 193 Å². The minimum absolute atomic E-state index is 0.168. The largest absolute Gasteiger partial charge is 0.348 e. The standard InChI is InChI=1S/C25H25N3O4S/c29-24(20-12-14-21(15-13-20)33(31,32)28-16-6-7-17-28)27-23-11-5-4-10-22(23)25(30)26-18-19-8-2-1-3-9-19/h1-5,8-15H,6-7,16-18H2,(H,26,30)(H,27,29). The van der Waals surface area contributed by atoms with Crippen LogP contribution in [0.1, 0.15) is 39.1 Å². The molecule has 1 saturated heterocycles. The lowest BCUT2D eigenvalue weighted by atomic mass is 10.1. The summed E-state index contributed by atoms with van der Waals surface area (Å²) in [5.74, 6) is -0.731. The van der Waals surface area contributed by atoms with Crippen molar-refractivity contribution < 1.29 is 18.0 Å². The first-order valence-corrected chi connectivity index (χ1v) is 12.2. The Kier molecular flexibility index (Phi) is 6.86. The number of hydrogen-bond donors (Lipinski definition) is 2. The van der Waals surface area contributed by atoms with Crippen LogP contribution >= 0.6 is 0 Å². The topological polar surface area (TPSA) is 95.6 Å². The molecule has 0 aromatic heterocycles. The Morgan fingerprint density at radius 2 is 1.42 bits per heavy atom. The zero-order valence-electron chi connectivity index (χ0n) is 18.0. The number of anilines is 1. The molecular weight excluding hydrogens is 438 g/mol. The number of hydrogen-bond acceptors (Lipinski definition) is 4. The third-order valence-electron chi connectivity index (χ3n) is 5.54. The van der Waals surface area contributed by atoms with Gasteiger partial charge in [0.25, 0.3) is 11.8 Å². The number of sulfonamides is 1. The number of nitrogens with one attached hydrogen (secondary N) is 2. The number of rotatable bonds is 7. The summed E-state index contributed by atoms with van der Waals surface area (Å²) in [7, 11) is -3.54. The normalized spacial score (nSPS) is 14.1. The minimum Gasteiger partial charge on any atom is -0.348 e. The first-order valence-electron chi connectivity index (χ1n) is 10.8. The third kappa shape index (κ3) is 5.30. The van der Waals surface area contributed by atoms with Crippen molar-refractivity contribution in [2.45, 2.75) is 24.3 Å². The molecule has 0 radical (unpaired) electrons. The maximum Gasteiger partial charge on any atom is 0.255 e. The molecule has 7 nitrogen and oxygen atoms in total. The average molecular weight is 464 g/mol.